The summed E-state index contributed by atoms with van der Waals surface area (Å²) in [5.74, 6) is 0. The van der Waals surface area contributed by atoms with Crippen molar-refractivity contribution in [2.45, 2.75) is 59.3 Å². The molecular formula is C18H30N2. The monoisotopic (exact) mass is 274 g/mol. The van der Waals surface area contributed by atoms with Gasteiger partial charge in [-0.3, -0.25) is 4.90 Å². The first-order valence-corrected chi connectivity index (χ1v) is 7.49. The van der Waals surface area contributed by atoms with Crippen LogP contribution in [0.2, 0.25) is 0 Å². The van der Waals surface area contributed by atoms with Gasteiger partial charge in [0.15, 0.2) is 0 Å². The van der Waals surface area contributed by atoms with Gasteiger partial charge >= 0.3 is 0 Å². The predicted octanol–water partition coefficient (Wildman–Crippen LogP) is 3.97. The molecule has 0 unspecified atom stereocenters. The van der Waals surface area contributed by atoms with Crippen LogP contribution in [0.4, 0.5) is 0 Å². The summed E-state index contributed by atoms with van der Waals surface area (Å²) in [6, 6.07) is 9.39. The minimum Gasteiger partial charge on any atom is -0.308 e. The van der Waals surface area contributed by atoms with Crippen LogP contribution in [0, 0.1) is 0 Å². The van der Waals surface area contributed by atoms with Gasteiger partial charge in [-0.25, -0.2) is 0 Å². The molecule has 0 aromatic heterocycles. The average Bonchev–Trinajstić information content (AvgIpc) is 2.35. The van der Waals surface area contributed by atoms with Crippen LogP contribution in [-0.4, -0.2) is 23.0 Å². The molecular weight excluding hydrogens is 244 g/mol. The molecule has 0 aliphatic rings. The van der Waals surface area contributed by atoms with Crippen molar-refractivity contribution in [3.8, 4) is 0 Å². The van der Waals surface area contributed by atoms with Crippen LogP contribution in [0.25, 0.3) is 0 Å². The van der Waals surface area contributed by atoms with E-state index in [0.717, 1.165) is 19.6 Å². The molecule has 0 bridgehead atoms. The zero-order chi connectivity index (χ0) is 15.2. The van der Waals surface area contributed by atoms with Crippen LogP contribution in [0.15, 0.2) is 36.9 Å². The predicted molar refractivity (Wildman–Crippen MR) is 88.8 cm³/mol. The number of hydrogen-bond acceptors (Lipinski definition) is 2. The molecule has 1 rings (SSSR count). The molecule has 20 heavy (non-hydrogen) atoms. The highest BCUT2D eigenvalue weighted by Crippen LogP contribution is 2.12. The Balaban J connectivity index is 2.69. The van der Waals surface area contributed by atoms with Gasteiger partial charge in [-0.05, 0) is 45.7 Å². The van der Waals surface area contributed by atoms with Crippen molar-refractivity contribution in [2.24, 2.45) is 0 Å². The minimum absolute atomic E-state index is 0.156. The summed E-state index contributed by atoms with van der Waals surface area (Å²) in [5, 5.41) is 3.54. The fourth-order valence-corrected chi connectivity index (χ4v) is 2.06. The second-order valence-corrected chi connectivity index (χ2v) is 6.74. The fourth-order valence-electron chi connectivity index (χ4n) is 2.06. The third kappa shape index (κ3) is 6.36. The average molecular weight is 274 g/mol. The smallest absolute Gasteiger partial charge is 0.0239 e. The van der Waals surface area contributed by atoms with Gasteiger partial charge < -0.3 is 5.32 Å². The van der Waals surface area contributed by atoms with Gasteiger partial charge in [-0.15, -0.1) is 6.58 Å². The number of nitrogens with one attached hydrogen (secondary N) is 1. The second-order valence-electron chi connectivity index (χ2n) is 6.74. The second kappa shape index (κ2) is 7.61. The molecule has 1 aromatic rings. The van der Waals surface area contributed by atoms with E-state index in [1.54, 1.807) is 0 Å². The van der Waals surface area contributed by atoms with Crippen LogP contribution < -0.4 is 5.32 Å². The van der Waals surface area contributed by atoms with E-state index in [4.69, 9.17) is 0 Å². The molecule has 0 radical (unpaired) electrons. The maximum Gasteiger partial charge on any atom is 0.0239 e. The maximum atomic E-state index is 3.85. The molecule has 112 valence electrons. The van der Waals surface area contributed by atoms with E-state index in [-0.39, 0.29) is 5.54 Å². The highest BCUT2D eigenvalue weighted by Gasteiger charge is 2.10. The van der Waals surface area contributed by atoms with Gasteiger partial charge in [0.25, 0.3) is 0 Å². The summed E-state index contributed by atoms with van der Waals surface area (Å²) in [6.07, 6.45) is 1.98. The zero-order valence-electron chi connectivity index (χ0n) is 13.7. The Morgan fingerprint density at radius 3 is 2.45 bits per heavy atom. The largest absolute Gasteiger partial charge is 0.308 e. The van der Waals surface area contributed by atoms with E-state index in [1.807, 2.05) is 6.08 Å². The Labute approximate surface area is 124 Å². The lowest BCUT2D eigenvalue weighted by molar-refractivity contribution is 0.237. The van der Waals surface area contributed by atoms with Crippen molar-refractivity contribution in [2.75, 3.05) is 6.54 Å². The zero-order valence-corrected chi connectivity index (χ0v) is 13.7. The molecule has 0 heterocycles. The summed E-state index contributed by atoms with van der Waals surface area (Å²) < 4.78 is 0. The Kier molecular flexibility index (Phi) is 6.44. The molecule has 0 aliphatic carbocycles. The molecule has 0 saturated heterocycles. The van der Waals surface area contributed by atoms with Gasteiger partial charge in [0.05, 0.1) is 0 Å². The molecule has 0 aliphatic heterocycles. The molecule has 1 N–H and O–H groups in total. The first kappa shape index (κ1) is 16.9. The van der Waals surface area contributed by atoms with Crippen LogP contribution in [-0.2, 0) is 13.1 Å². The van der Waals surface area contributed by atoms with Crippen LogP contribution in [0.5, 0.6) is 0 Å². The summed E-state index contributed by atoms with van der Waals surface area (Å²) in [5.41, 5.74) is 2.87. The van der Waals surface area contributed by atoms with Gasteiger partial charge in [-0.1, -0.05) is 30.3 Å². The number of hydrogen-bond donors (Lipinski definition) is 1. The minimum atomic E-state index is 0.156. The molecule has 0 spiro atoms. The molecule has 0 atom stereocenters. The van der Waals surface area contributed by atoms with Crippen molar-refractivity contribution in [1.82, 2.24) is 10.2 Å². The highest BCUT2D eigenvalue weighted by atomic mass is 15.1. The van der Waals surface area contributed by atoms with E-state index in [0.29, 0.717) is 6.04 Å². The van der Waals surface area contributed by atoms with Crippen molar-refractivity contribution in [1.29, 1.82) is 0 Å². The Morgan fingerprint density at radius 2 is 1.90 bits per heavy atom. The Morgan fingerprint density at radius 1 is 1.25 bits per heavy atom. The molecule has 0 amide bonds. The lowest BCUT2D eigenvalue weighted by Crippen LogP contribution is -2.35. The summed E-state index contributed by atoms with van der Waals surface area (Å²) in [4.78, 5) is 2.42. The third-order valence-corrected chi connectivity index (χ3v) is 3.29. The van der Waals surface area contributed by atoms with Gasteiger partial charge in [0, 0.05) is 31.2 Å². The molecule has 0 saturated carbocycles. The summed E-state index contributed by atoms with van der Waals surface area (Å²) in [7, 11) is 0. The molecule has 0 fully saturated rings. The Bertz CT molecular complexity index is 416. The van der Waals surface area contributed by atoms with Crippen LogP contribution in [0.1, 0.15) is 45.7 Å². The number of nitrogens with zero attached hydrogens (tertiary/aromatic N) is 1. The Hall–Kier alpha value is -1.12. The van der Waals surface area contributed by atoms with E-state index < -0.39 is 0 Å². The lowest BCUT2D eigenvalue weighted by atomic mass is 10.1. The first-order chi connectivity index (χ1) is 9.31. The molecule has 2 heteroatoms. The first-order valence-electron chi connectivity index (χ1n) is 7.49. The lowest BCUT2D eigenvalue weighted by Gasteiger charge is -2.25. The van der Waals surface area contributed by atoms with E-state index in [2.05, 4.69) is 75.7 Å². The summed E-state index contributed by atoms with van der Waals surface area (Å²) in [6.45, 7) is 17.7. The number of benzene rings is 1. The SMILES string of the molecule is C=CCN(Cc1cccc(CNC(C)(C)C)c1)C(C)C. The quantitative estimate of drug-likeness (QED) is 0.757. The van der Waals surface area contributed by atoms with Gasteiger partial charge in [0.2, 0.25) is 0 Å². The van der Waals surface area contributed by atoms with Gasteiger partial charge in [-0.2, -0.15) is 0 Å². The highest BCUT2D eigenvalue weighted by molar-refractivity contribution is 5.23. The normalized spacial score (nSPS) is 12.2. The third-order valence-electron chi connectivity index (χ3n) is 3.29. The van der Waals surface area contributed by atoms with E-state index in [1.165, 1.54) is 11.1 Å². The summed E-state index contributed by atoms with van der Waals surface area (Å²) >= 11 is 0. The standard InChI is InChI=1S/C18H30N2/c1-7-11-20(15(2)3)14-17-10-8-9-16(12-17)13-19-18(4,5)6/h7-10,12,15,19H,1,11,13-14H2,2-6H3. The maximum absolute atomic E-state index is 3.85. The molecule has 1 aromatic carbocycles. The van der Waals surface area contributed by atoms with Crippen molar-refractivity contribution < 1.29 is 0 Å². The van der Waals surface area contributed by atoms with Crippen molar-refractivity contribution in [3.63, 3.8) is 0 Å². The fraction of sp³-hybridized carbons (Fsp3) is 0.556. The number of rotatable bonds is 7. The van der Waals surface area contributed by atoms with Crippen molar-refractivity contribution in [3.05, 3.63) is 48.0 Å². The van der Waals surface area contributed by atoms with Crippen molar-refractivity contribution >= 4 is 0 Å². The topological polar surface area (TPSA) is 15.3 Å². The van der Waals surface area contributed by atoms with E-state index >= 15 is 0 Å². The van der Waals surface area contributed by atoms with Gasteiger partial charge in [0.1, 0.15) is 0 Å². The van der Waals surface area contributed by atoms with E-state index in [9.17, 15) is 0 Å². The van der Waals surface area contributed by atoms with Crippen LogP contribution >= 0.6 is 0 Å². The molecule has 2 nitrogen and oxygen atoms in total. The van der Waals surface area contributed by atoms with Crippen LogP contribution in [0.3, 0.4) is 0 Å².